The van der Waals surface area contributed by atoms with Gasteiger partial charge in [-0.15, -0.1) is 0 Å². The van der Waals surface area contributed by atoms with E-state index in [1.807, 2.05) is 42.5 Å². The normalized spacial score (nSPS) is 13.2. The number of aromatic hydroxyl groups is 1. The van der Waals surface area contributed by atoms with E-state index in [2.05, 4.69) is 15.9 Å². The summed E-state index contributed by atoms with van der Waals surface area (Å²) < 4.78 is 1.01. The molecule has 0 fully saturated rings. The number of hydrogen-bond acceptors (Lipinski definition) is 4. The highest BCUT2D eigenvalue weighted by molar-refractivity contribution is 9.10. The maximum absolute atomic E-state index is 13.2. The Morgan fingerprint density at radius 3 is 2.13 bits per heavy atom. The van der Waals surface area contributed by atoms with Gasteiger partial charge in [-0.25, -0.2) is 4.90 Å². The van der Waals surface area contributed by atoms with Crippen molar-refractivity contribution in [3.63, 3.8) is 0 Å². The second-order valence-electron chi connectivity index (χ2n) is 6.86. The average Bonchev–Trinajstić information content (AvgIpc) is 2.75. The van der Waals surface area contributed by atoms with Crippen molar-refractivity contribution in [2.75, 3.05) is 4.90 Å². The smallest absolute Gasteiger partial charge is 0.265 e. The van der Waals surface area contributed by atoms with E-state index >= 15 is 0 Å². The number of nitrogens with zero attached hydrogens (tertiary/aromatic N) is 1. The summed E-state index contributed by atoms with van der Waals surface area (Å²) in [6, 6.07) is 23.3. The van der Waals surface area contributed by atoms with Gasteiger partial charge in [0.05, 0.1) is 5.69 Å². The molecule has 0 bridgehead atoms. The predicted octanol–water partition coefficient (Wildman–Crippen LogP) is 6.26. The van der Waals surface area contributed by atoms with Crippen molar-refractivity contribution in [2.45, 2.75) is 9.79 Å². The number of carbonyl (C=O) groups is 2. The molecule has 0 atom stereocenters. The topological polar surface area (TPSA) is 57.6 Å². The van der Waals surface area contributed by atoms with Gasteiger partial charge in [-0.3, -0.25) is 9.59 Å². The van der Waals surface area contributed by atoms with Crippen molar-refractivity contribution in [3.8, 4) is 5.75 Å². The van der Waals surface area contributed by atoms with E-state index in [0.717, 1.165) is 24.5 Å². The lowest BCUT2D eigenvalue weighted by atomic mass is 9.93. The molecule has 0 saturated carbocycles. The Morgan fingerprint density at radius 1 is 0.767 bits per heavy atom. The third kappa shape index (κ3) is 3.09. The van der Waals surface area contributed by atoms with Crippen LogP contribution in [-0.2, 0) is 0 Å². The molecule has 2 amide bonds. The minimum atomic E-state index is -0.366. The minimum Gasteiger partial charge on any atom is -0.508 e. The molecular weight excluding hydrogens is 462 g/mol. The zero-order chi connectivity index (χ0) is 20.8. The van der Waals surface area contributed by atoms with E-state index in [-0.39, 0.29) is 17.6 Å². The lowest BCUT2D eigenvalue weighted by molar-refractivity contribution is 0.0893. The number of halogens is 1. The van der Waals surface area contributed by atoms with Gasteiger partial charge in [0.2, 0.25) is 0 Å². The molecule has 0 unspecified atom stereocenters. The highest BCUT2D eigenvalue weighted by Crippen LogP contribution is 2.40. The number of anilines is 1. The number of imide groups is 1. The molecule has 4 aromatic rings. The number of carbonyl (C=O) groups excluding carboxylic acids is 2. The summed E-state index contributed by atoms with van der Waals surface area (Å²) in [4.78, 5) is 29.7. The lowest BCUT2D eigenvalue weighted by Crippen LogP contribution is -2.40. The Bertz CT molecular complexity index is 1290. The highest BCUT2D eigenvalue weighted by Gasteiger charge is 2.34. The van der Waals surface area contributed by atoms with Crippen molar-refractivity contribution in [1.29, 1.82) is 0 Å². The van der Waals surface area contributed by atoms with Crippen molar-refractivity contribution >= 4 is 56.0 Å². The van der Waals surface area contributed by atoms with E-state index in [9.17, 15) is 14.7 Å². The summed E-state index contributed by atoms with van der Waals surface area (Å²) in [5.74, 6) is -0.656. The molecule has 146 valence electrons. The van der Waals surface area contributed by atoms with E-state index < -0.39 is 0 Å². The Labute approximate surface area is 185 Å². The molecular formula is C24H14BrNO3S. The summed E-state index contributed by atoms with van der Waals surface area (Å²) in [7, 11) is 0. The molecule has 5 rings (SSSR count). The van der Waals surface area contributed by atoms with Crippen LogP contribution in [0.5, 0.6) is 5.75 Å². The molecule has 1 aliphatic rings. The number of phenols is 1. The number of rotatable bonds is 3. The van der Waals surface area contributed by atoms with Crippen molar-refractivity contribution in [2.24, 2.45) is 0 Å². The summed E-state index contributed by atoms with van der Waals surface area (Å²) in [5.41, 5.74) is 1.42. The fraction of sp³-hybridized carbons (Fsp3) is 0. The van der Waals surface area contributed by atoms with Crippen molar-refractivity contribution in [3.05, 3.63) is 94.5 Å². The molecule has 1 heterocycles. The molecule has 0 aliphatic carbocycles. The molecule has 4 nitrogen and oxygen atoms in total. The SMILES string of the molecule is O=C1c2cccc3c(Sc4ccc(Br)cc4)ccc(c23)C(=O)N1c1ccc(O)cc1. The maximum atomic E-state index is 13.2. The minimum absolute atomic E-state index is 0.0766. The van der Waals surface area contributed by atoms with Gasteiger partial charge in [0.15, 0.2) is 0 Å². The van der Waals surface area contributed by atoms with Crippen molar-refractivity contribution in [1.82, 2.24) is 0 Å². The third-order valence-corrected chi connectivity index (χ3v) is 6.63. The zero-order valence-electron chi connectivity index (χ0n) is 15.5. The van der Waals surface area contributed by atoms with Gasteiger partial charge in [-0.2, -0.15) is 0 Å². The van der Waals surface area contributed by atoms with E-state index in [0.29, 0.717) is 22.2 Å². The lowest BCUT2D eigenvalue weighted by Gasteiger charge is -2.27. The Morgan fingerprint density at radius 2 is 1.43 bits per heavy atom. The zero-order valence-corrected chi connectivity index (χ0v) is 17.9. The molecule has 0 spiro atoms. The van der Waals surface area contributed by atoms with Gasteiger partial charge in [0, 0.05) is 30.8 Å². The fourth-order valence-corrected chi connectivity index (χ4v) is 4.83. The molecule has 6 heteroatoms. The summed E-state index contributed by atoms with van der Waals surface area (Å²) in [6.07, 6.45) is 0. The molecule has 0 aromatic heterocycles. The summed E-state index contributed by atoms with van der Waals surface area (Å²) >= 11 is 5.04. The fourth-order valence-electron chi connectivity index (χ4n) is 3.62. The Balaban J connectivity index is 1.63. The first-order valence-electron chi connectivity index (χ1n) is 9.20. The van der Waals surface area contributed by atoms with E-state index in [4.69, 9.17) is 0 Å². The molecule has 30 heavy (non-hydrogen) atoms. The monoisotopic (exact) mass is 475 g/mol. The Kier molecular flexibility index (Phi) is 4.60. The van der Waals surface area contributed by atoms with Crippen LogP contribution in [0.3, 0.4) is 0 Å². The first kappa shape index (κ1) is 18.9. The van der Waals surface area contributed by atoms with Gasteiger partial charge >= 0.3 is 0 Å². The molecule has 4 aromatic carbocycles. The number of benzene rings is 4. The van der Waals surface area contributed by atoms with Crippen LogP contribution < -0.4 is 4.90 Å². The Hall–Kier alpha value is -3.09. The van der Waals surface area contributed by atoms with Gasteiger partial charge < -0.3 is 5.11 Å². The number of amides is 2. The quantitative estimate of drug-likeness (QED) is 0.355. The van der Waals surface area contributed by atoms with Crippen LogP contribution in [-0.4, -0.2) is 16.9 Å². The summed E-state index contributed by atoms with van der Waals surface area (Å²) in [5, 5.41) is 11.1. The van der Waals surface area contributed by atoms with Gasteiger partial charge in [-0.05, 0) is 72.1 Å². The first-order chi connectivity index (χ1) is 14.5. The van der Waals surface area contributed by atoms with E-state index in [1.165, 1.54) is 12.1 Å². The molecule has 1 aliphatic heterocycles. The van der Waals surface area contributed by atoms with Gasteiger partial charge in [0.25, 0.3) is 11.8 Å². The molecule has 0 radical (unpaired) electrons. The van der Waals surface area contributed by atoms with Crippen LogP contribution in [0.15, 0.2) is 93.1 Å². The van der Waals surface area contributed by atoms with Crippen LogP contribution in [0.25, 0.3) is 10.8 Å². The predicted molar refractivity (Wildman–Crippen MR) is 121 cm³/mol. The second-order valence-corrected chi connectivity index (χ2v) is 8.89. The first-order valence-corrected chi connectivity index (χ1v) is 10.8. The third-order valence-electron chi connectivity index (χ3n) is 5.02. The maximum Gasteiger partial charge on any atom is 0.265 e. The van der Waals surface area contributed by atoms with Crippen LogP contribution >= 0.6 is 27.7 Å². The van der Waals surface area contributed by atoms with Gasteiger partial charge in [-0.1, -0.05) is 39.8 Å². The van der Waals surface area contributed by atoms with Gasteiger partial charge in [0.1, 0.15) is 5.75 Å². The van der Waals surface area contributed by atoms with Crippen LogP contribution in [0.2, 0.25) is 0 Å². The number of hydrogen-bond donors (Lipinski definition) is 1. The largest absolute Gasteiger partial charge is 0.508 e. The van der Waals surface area contributed by atoms with Crippen LogP contribution in [0, 0.1) is 0 Å². The van der Waals surface area contributed by atoms with Crippen molar-refractivity contribution < 1.29 is 14.7 Å². The highest BCUT2D eigenvalue weighted by atomic mass is 79.9. The van der Waals surface area contributed by atoms with Crippen LogP contribution in [0.4, 0.5) is 5.69 Å². The number of phenolic OH excluding ortho intramolecular Hbond substituents is 1. The second kappa shape index (κ2) is 7.31. The van der Waals surface area contributed by atoms with E-state index in [1.54, 1.807) is 36.0 Å². The van der Waals surface area contributed by atoms with Crippen LogP contribution in [0.1, 0.15) is 20.7 Å². The molecule has 0 saturated heterocycles. The average molecular weight is 476 g/mol. The standard InChI is InChI=1S/C24H14BrNO3S/c25-14-4-10-17(11-5-14)30-21-13-12-20-22-18(21)2-1-3-19(22)23(28)26(24(20)29)15-6-8-16(27)9-7-15/h1-13,27H. The molecule has 1 N–H and O–H groups in total. The summed E-state index contributed by atoms with van der Waals surface area (Å²) in [6.45, 7) is 0.